The van der Waals surface area contributed by atoms with Crippen molar-refractivity contribution in [3.63, 3.8) is 0 Å². The Morgan fingerprint density at radius 3 is 2.68 bits per heavy atom. The number of hydrogen-bond donors (Lipinski definition) is 0. The highest BCUT2D eigenvalue weighted by molar-refractivity contribution is 6.37. The molecular weight excluding hydrogens is 444 g/mol. The van der Waals surface area contributed by atoms with Crippen LogP contribution in [0.2, 0.25) is 10.2 Å². The van der Waals surface area contributed by atoms with Crippen molar-refractivity contribution in [2.75, 3.05) is 20.3 Å². The van der Waals surface area contributed by atoms with Gasteiger partial charge >= 0.3 is 5.97 Å². The largest absolute Gasteiger partial charge is 0.489 e. The molecule has 1 aromatic heterocycles. The number of halogens is 3. The molecule has 0 N–H and O–H groups in total. The molecule has 0 atom stereocenters. The van der Waals surface area contributed by atoms with Gasteiger partial charge in [-0.3, -0.25) is 4.79 Å². The van der Waals surface area contributed by atoms with E-state index in [9.17, 15) is 9.18 Å². The lowest BCUT2D eigenvalue weighted by molar-refractivity contribution is -0.151. The maximum Gasteiger partial charge on any atom is 0.316 e. The van der Waals surface area contributed by atoms with Crippen molar-refractivity contribution in [3.8, 4) is 5.75 Å². The third kappa shape index (κ3) is 4.47. The number of ether oxygens (including phenoxy) is 3. The Balaban J connectivity index is 1.60. The van der Waals surface area contributed by atoms with E-state index in [1.54, 1.807) is 12.1 Å². The number of benzene rings is 2. The number of hydrogen-bond acceptors (Lipinski definition) is 5. The molecule has 1 fully saturated rings. The van der Waals surface area contributed by atoms with Crippen molar-refractivity contribution < 1.29 is 23.4 Å². The van der Waals surface area contributed by atoms with Gasteiger partial charge in [-0.05, 0) is 48.2 Å². The Labute approximate surface area is 189 Å². The molecule has 3 aromatic rings. The first-order valence-corrected chi connectivity index (χ1v) is 10.5. The molecule has 2 heterocycles. The van der Waals surface area contributed by atoms with Crippen molar-refractivity contribution in [1.29, 1.82) is 0 Å². The van der Waals surface area contributed by atoms with Gasteiger partial charge in [-0.1, -0.05) is 35.3 Å². The highest BCUT2D eigenvalue weighted by atomic mass is 35.5. The van der Waals surface area contributed by atoms with Crippen molar-refractivity contribution in [2.24, 2.45) is 0 Å². The molecule has 5 nitrogen and oxygen atoms in total. The van der Waals surface area contributed by atoms with Crippen LogP contribution in [0.5, 0.6) is 5.75 Å². The molecule has 4 rings (SSSR count). The number of carbonyl (C=O) groups is 1. The lowest BCUT2D eigenvalue weighted by Crippen LogP contribution is -2.42. The van der Waals surface area contributed by atoms with Gasteiger partial charge in [-0.25, -0.2) is 9.37 Å². The minimum atomic E-state index is -0.951. The molecule has 0 unspecified atom stereocenters. The fourth-order valence-corrected chi connectivity index (χ4v) is 4.43. The smallest absolute Gasteiger partial charge is 0.316 e. The lowest BCUT2D eigenvalue weighted by Gasteiger charge is -2.35. The second-order valence-corrected chi connectivity index (χ2v) is 8.22. The van der Waals surface area contributed by atoms with Gasteiger partial charge in [0.05, 0.1) is 23.1 Å². The van der Waals surface area contributed by atoms with Crippen molar-refractivity contribution in [3.05, 3.63) is 69.6 Å². The van der Waals surface area contributed by atoms with Gasteiger partial charge in [0, 0.05) is 24.7 Å². The van der Waals surface area contributed by atoms with Gasteiger partial charge in [-0.2, -0.15) is 0 Å². The third-order valence-electron chi connectivity index (χ3n) is 5.54. The van der Waals surface area contributed by atoms with E-state index in [1.807, 2.05) is 18.2 Å². The molecule has 1 aliphatic heterocycles. The van der Waals surface area contributed by atoms with Crippen LogP contribution in [0.15, 0.2) is 42.5 Å². The summed E-state index contributed by atoms with van der Waals surface area (Å²) in [5, 5.41) is 1.60. The van der Waals surface area contributed by atoms with E-state index >= 15 is 0 Å². The average Bonchev–Trinajstić information content (AvgIpc) is 2.76. The molecule has 31 heavy (non-hydrogen) atoms. The highest BCUT2D eigenvalue weighted by Gasteiger charge is 2.43. The summed E-state index contributed by atoms with van der Waals surface area (Å²) in [6, 6.07) is 11.5. The number of rotatable bonds is 5. The van der Waals surface area contributed by atoms with Gasteiger partial charge in [0.15, 0.2) is 0 Å². The number of pyridine rings is 1. The maximum absolute atomic E-state index is 14.4. The zero-order valence-electron chi connectivity index (χ0n) is 16.8. The Hall–Kier alpha value is -2.41. The van der Waals surface area contributed by atoms with Crippen LogP contribution >= 0.6 is 23.2 Å². The summed E-state index contributed by atoms with van der Waals surface area (Å²) in [7, 11) is 1.34. The van der Waals surface area contributed by atoms with Crippen LogP contribution in [0.1, 0.15) is 24.0 Å². The summed E-state index contributed by atoms with van der Waals surface area (Å²) >= 11 is 12.2. The topological polar surface area (TPSA) is 57.7 Å². The normalized spacial score (nSPS) is 15.6. The van der Waals surface area contributed by atoms with Gasteiger partial charge in [0.1, 0.15) is 23.3 Å². The fraction of sp³-hybridized carbons (Fsp3) is 0.304. The molecule has 1 saturated heterocycles. The standard InChI is InChI=1S/C23H20Cl2FNO4/c1-29-22(28)23(4-6-30-7-5-23)15-9-16(26)11-17(10-15)31-13-14-2-3-18-19(24)12-21(25)27-20(18)8-14/h2-3,8-12H,4-7,13H2,1H3. The first kappa shape index (κ1) is 21.8. The van der Waals surface area contributed by atoms with Crippen LogP contribution in [0.25, 0.3) is 10.9 Å². The molecule has 0 saturated carbocycles. The third-order valence-corrected chi connectivity index (χ3v) is 6.05. The molecule has 1 aliphatic rings. The van der Waals surface area contributed by atoms with E-state index in [2.05, 4.69) is 4.98 Å². The Morgan fingerprint density at radius 1 is 1.16 bits per heavy atom. The maximum atomic E-state index is 14.4. The second kappa shape index (κ2) is 8.99. The first-order chi connectivity index (χ1) is 14.9. The summed E-state index contributed by atoms with van der Waals surface area (Å²) in [6.45, 7) is 0.979. The molecule has 2 aromatic carbocycles. The molecule has 0 amide bonds. The molecule has 0 radical (unpaired) electrons. The van der Waals surface area contributed by atoms with Crippen molar-refractivity contribution in [2.45, 2.75) is 24.9 Å². The SMILES string of the molecule is COC(=O)C1(c2cc(F)cc(OCc3ccc4c(Cl)cc(Cl)nc4c3)c2)CCOCC1. The van der Waals surface area contributed by atoms with Crippen LogP contribution in [0.3, 0.4) is 0 Å². The zero-order valence-corrected chi connectivity index (χ0v) is 18.3. The minimum Gasteiger partial charge on any atom is -0.489 e. The molecule has 0 spiro atoms. The molecule has 0 aliphatic carbocycles. The van der Waals surface area contributed by atoms with E-state index in [4.69, 9.17) is 37.4 Å². The van der Waals surface area contributed by atoms with Gasteiger partial charge < -0.3 is 14.2 Å². The predicted molar refractivity (Wildman–Crippen MR) is 116 cm³/mol. The zero-order chi connectivity index (χ0) is 22.0. The van der Waals surface area contributed by atoms with Crippen LogP contribution in [0, 0.1) is 5.82 Å². The molecule has 8 heteroatoms. The van der Waals surface area contributed by atoms with Gasteiger partial charge in [-0.15, -0.1) is 0 Å². The molecule has 0 bridgehead atoms. The summed E-state index contributed by atoms with van der Waals surface area (Å²) in [5.41, 5.74) is 1.03. The number of carbonyl (C=O) groups excluding carboxylic acids is 1. The monoisotopic (exact) mass is 463 g/mol. The highest BCUT2D eigenvalue weighted by Crippen LogP contribution is 2.38. The number of aromatic nitrogens is 1. The molecular formula is C23H20Cl2FNO4. The number of esters is 1. The van der Waals surface area contributed by atoms with Crippen LogP contribution < -0.4 is 4.74 Å². The van der Waals surface area contributed by atoms with Crippen LogP contribution in [-0.2, 0) is 26.3 Å². The fourth-order valence-electron chi connectivity index (χ4n) is 3.91. The van der Waals surface area contributed by atoms with E-state index in [0.717, 1.165) is 10.9 Å². The van der Waals surface area contributed by atoms with Gasteiger partial charge in [0.2, 0.25) is 0 Å². The second-order valence-electron chi connectivity index (χ2n) is 7.43. The summed E-state index contributed by atoms with van der Waals surface area (Å²) < 4.78 is 30.7. The molecule has 162 valence electrons. The van der Waals surface area contributed by atoms with E-state index < -0.39 is 17.2 Å². The number of fused-ring (bicyclic) bond motifs is 1. The van der Waals surface area contributed by atoms with E-state index in [1.165, 1.54) is 19.2 Å². The first-order valence-electron chi connectivity index (χ1n) is 9.76. The minimum absolute atomic E-state index is 0.180. The van der Waals surface area contributed by atoms with E-state index in [-0.39, 0.29) is 6.61 Å². The van der Waals surface area contributed by atoms with Crippen LogP contribution in [0.4, 0.5) is 4.39 Å². The quantitative estimate of drug-likeness (QED) is 0.370. The Bertz CT molecular complexity index is 1130. The van der Waals surface area contributed by atoms with Gasteiger partial charge in [0.25, 0.3) is 0 Å². The Morgan fingerprint density at radius 2 is 1.94 bits per heavy atom. The number of methoxy groups -OCH3 is 1. The average molecular weight is 464 g/mol. The summed E-state index contributed by atoms with van der Waals surface area (Å²) in [6.07, 6.45) is 0.834. The number of nitrogens with zero attached hydrogens (tertiary/aromatic N) is 1. The van der Waals surface area contributed by atoms with Crippen molar-refractivity contribution >= 4 is 40.1 Å². The Kier molecular flexibility index (Phi) is 6.32. The summed E-state index contributed by atoms with van der Waals surface area (Å²) in [5.74, 6) is -0.565. The van der Waals surface area contributed by atoms with E-state index in [0.29, 0.717) is 53.1 Å². The van der Waals surface area contributed by atoms with Crippen molar-refractivity contribution in [1.82, 2.24) is 4.98 Å². The van der Waals surface area contributed by atoms with Crippen LogP contribution in [-0.4, -0.2) is 31.3 Å². The summed E-state index contributed by atoms with van der Waals surface area (Å²) in [4.78, 5) is 16.9. The predicted octanol–water partition coefficient (Wildman–Crippen LogP) is 5.48. The lowest BCUT2D eigenvalue weighted by atomic mass is 9.74.